The fourth-order valence-corrected chi connectivity index (χ4v) is 1.60. The number of nitrogens with one attached hydrogen (secondary N) is 1. The van der Waals surface area contributed by atoms with Crippen LogP contribution in [0.1, 0.15) is 33.6 Å². The number of alkyl halides is 2. The summed E-state index contributed by atoms with van der Waals surface area (Å²) < 4.78 is 32.4. The molecule has 1 N–H and O–H groups in total. The van der Waals surface area contributed by atoms with Gasteiger partial charge in [-0.1, -0.05) is 0 Å². The van der Waals surface area contributed by atoms with Crippen LogP contribution in [0.5, 0.6) is 0 Å². The fourth-order valence-electron chi connectivity index (χ4n) is 1.60. The molecule has 0 aromatic carbocycles. The zero-order chi connectivity index (χ0) is 14.7. The number of carbonyl (C=O) groups excluding carboxylic acids is 2. The quantitative estimate of drug-likeness (QED) is 0.617. The molecule has 0 radical (unpaired) electrons. The minimum atomic E-state index is -3.27. The van der Waals surface area contributed by atoms with Crippen molar-refractivity contribution in [3.63, 3.8) is 0 Å². The number of ether oxygens (including phenoxy) is 1. The van der Waals surface area contributed by atoms with Gasteiger partial charge >= 0.3 is 12.0 Å². The van der Waals surface area contributed by atoms with E-state index in [0.29, 0.717) is 0 Å². The first-order valence-corrected chi connectivity index (χ1v) is 5.83. The van der Waals surface area contributed by atoms with Crippen LogP contribution < -0.4 is 5.43 Å². The standard InChI is InChI=1S/C11H17F2N3O3/c1-10(2,3)19-9(18)16-6-4-5-11(12,13)8(16)15-14-7-17/h7H,4-6H2,1-3H3,(H,14,17). The van der Waals surface area contributed by atoms with Crippen LogP contribution >= 0.6 is 0 Å². The molecule has 0 bridgehead atoms. The largest absolute Gasteiger partial charge is 0.443 e. The highest BCUT2D eigenvalue weighted by Crippen LogP contribution is 2.30. The summed E-state index contributed by atoms with van der Waals surface area (Å²) in [6.07, 6.45) is -1.04. The molecule has 6 nitrogen and oxygen atoms in total. The Bertz CT molecular complexity index is 391. The van der Waals surface area contributed by atoms with E-state index >= 15 is 0 Å². The van der Waals surface area contributed by atoms with Crippen LogP contribution in [0.15, 0.2) is 5.10 Å². The van der Waals surface area contributed by atoms with E-state index in [9.17, 15) is 18.4 Å². The van der Waals surface area contributed by atoms with Gasteiger partial charge in [0.15, 0.2) is 0 Å². The first kappa shape index (κ1) is 15.3. The molecule has 1 aliphatic rings. The number of hydrogen-bond donors (Lipinski definition) is 1. The smallest absolute Gasteiger partial charge is 0.415 e. The van der Waals surface area contributed by atoms with Crippen LogP contribution in [0.4, 0.5) is 13.6 Å². The van der Waals surface area contributed by atoms with Gasteiger partial charge in [0.2, 0.25) is 12.2 Å². The van der Waals surface area contributed by atoms with Gasteiger partial charge < -0.3 is 4.74 Å². The molecule has 108 valence electrons. The van der Waals surface area contributed by atoms with Gasteiger partial charge in [-0.3, -0.25) is 9.69 Å². The Hall–Kier alpha value is -1.73. The van der Waals surface area contributed by atoms with Gasteiger partial charge in [-0.15, -0.1) is 0 Å². The van der Waals surface area contributed by atoms with Crippen molar-refractivity contribution < 1.29 is 23.1 Å². The van der Waals surface area contributed by atoms with Crippen molar-refractivity contribution in [2.24, 2.45) is 5.10 Å². The molecule has 1 rings (SSSR count). The molecule has 1 heterocycles. The summed E-state index contributed by atoms with van der Waals surface area (Å²) in [5, 5.41) is 3.26. The highest BCUT2D eigenvalue weighted by Gasteiger charge is 2.46. The summed E-state index contributed by atoms with van der Waals surface area (Å²) in [5.74, 6) is -4.06. The van der Waals surface area contributed by atoms with E-state index in [1.807, 2.05) is 0 Å². The second-order valence-corrected chi connectivity index (χ2v) is 5.12. The molecule has 0 unspecified atom stereocenters. The number of amidine groups is 1. The van der Waals surface area contributed by atoms with Crippen LogP contribution in [0, 0.1) is 0 Å². The molecular formula is C11H17F2N3O3. The average Bonchev–Trinajstić information content (AvgIpc) is 2.23. The second-order valence-electron chi connectivity index (χ2n) is 5.12. The van der Waals surface area contributed by atoms with Crippen molar-refractivity contribution in [2.75, 3.05) is 6.54 Å². The summed E-state index contributed by atoms with van der Waals surface area (Å²) in [5.41, 5.74) is 1.00. The van der Waals surface area contributed by atoms with E-state index in [-0.39, 0.29) is 19.4 Å². The van der Waals surface area contributed by atoms with Crippen molar-refractivity contribution in [3.05, 3.63) is 0 Å². The van der Waals surface area contributed by atoms with Crippen molar-refractivity contribution in [1.82, 2.24) is 10.3 Å². The Morgan fingerprint density at radius 2 is 2.16 bits per heavy atom. The lowest BCUT2D eigenvalue weighted by atomic mass is 10.1. The van der Waals surface area contributed by atoms with Gasteiger partial charge in [0.05, 0.1) is 0 Å². The van der Waals surface area contributed by atoms with E-state index in [1.54, 1.807) is 26.2 Å². The van der Waals surface area contributed by atoms with Crippen molar-refractivity contribution in [1.29, 1.82) is 0 Å². The number of rotatable bonds is 2. The Labute approximate surface area is 109 Å². The SMILES string of the molecule is CC(C)(C)OC(=O)N1CCCC(F)(F)C1=NNC=O. The molecule has 0 aliphatic carbocycles. The number of amides is 2. The van der Waals surface area contributed by atoms with Gasteiger partial charge in [-0.25, -0.2) is 10.2 Å². The lowest BCUT2D eigenvalue weighted by Crippen LogP contribution is -2.53. The van der Waals surface area contributed by atoms with Gasteiger partial charge in [0.1, 0.15) is 5.60 Å². The number of carbonyl (C=O) groups is 2. The van der Waals surface area contributed by atoms with E-state index in [4.69, 9.17) is 4.74 Å². The van der Waals surface area contributed by atoms with E-state index < -0.39 is 29.9 Å². The number of hydrogen-bond acceptors (Lipinski definition) is 4. The minimum Gasteiger partial charge on any atom is -0.443 e. The molecule has 0 atom stereocenters. The predicted molar refractivity (Wildman–Crippen MR) is 63.8 cm³/mol. The lowest BCUT2D eigenvalue weighted by molar-refractivity contribution is -0.109. The first-order chi connectivity index (χ1) is 8.67. The van der Waals surface area contributed by atoms with Crippen molar-refractivity contribution in [3.8, 4) is 0 Å². The Morgan fingerprint density at radius 1 is 1.53 bits per heavy atom. The Morgan fingerprint density at radius 3 is 2.68 bits per heavy atom. The second kappa shape index (κ2) is 5.50. The third kappa shape index (κ3) is 4.15. The number of hydrazone groups is 1. The minimum absolute atomic E-state index is 0.0733. The molecule has 0 aromatic heterocycles. The van der Waals surface area contributed by atoms with Crippen LogP contribution in [-0.4, -0.2) is 41.3 Å². The molecule has 1 aliphatic heterocycles. The number of halogens is 2. The van der Waals surface area contributed by atoms with Crippen molar-refractivity contribution >= 4 is 18.3 Å². The molecular weight excluding hydrogens is 260 g/mol. The van der Waals surface area contributed by atoms with Crippen molar-refractivity contribution in [2.45, 2.75) is 45.1 Å². The summed E-state index contributed by atoms with van der Waals surface area (Å²) in [6.45, 7) is 4.97. The summed E-state index contributed by atoms with van der Waals surface area (Å²) in [4.78, 5) is 22.8. The summed E-state index contributed by atoms with van der Waals surface area (Å²) in [6, 6.07) is 0. The average molecular weight is 277 g/mol. The maximum Gasteiger partial charge on any atom is 0.415 e. The third-order valence-electron chi connectivity index (χ3n) is 2.29. The number of piperidine rings is 1. The molecule has 0 aromatic rings. The van der Waals surface area contributed by atoms with Crippen LogP contribution in [0.3, 0.4) is 0 Å². The molecule has 1 saturated heterocycles. The normalized spacial score (nSPS) is 21.1. The maximum atomic E-state index is 13.7. The fraction of sp³-hybridized carbons (Fsp3) is 0.727. The summed E-state index contributed by atoms with van der Waals surface area (Å²) >= 11 is 0. The first-order valence-electron chi connectivity index (χ1n) is 5.83. The highest BCUT2D eigenvalue weighted by atomic mass is 19.3. The van der Waals surface area contributed by atoms with E-state index in [2.05, 4.69) is 5.10 Å². The molecule has 19 heavy (non-hydrogen) atoms. The monoisotopic (exact) mass is 277 g/mol. The zero-order valence-electron chi connectivity index (χ0n) is 11.1. The third-order valence-corrected chi connectivity index (χ3v) is 2.29. The molecule has 0 spiro atoms. The number of nitrogens with zero attached hydrogens (tertiary/aromatic N) is 2. The Balaban J connectivity index is 2.95. The zero-order valence-corrected chi connectivity index (χ0v) is 11.1. The topological polar surface area (TPSA) is 71.0 Å². The molecule has 2 amide bonds. The van der Waals surface area contributed by atoms with E-state index in [0.717, 1.165) is 4.90 Å². The van der Waals surface area contributed by atoms with E-state index in [1.165, 1.54) is 0 Å². The van der Waals surface area contributed by atoms with Gasteiger partial charge in [-0.2, -0.15) is 13.9 Å². The van der Waals surface area contributed by atoms with Crippen LogP contribution in [0.25, 0.3) is 0 Å². The van der Waals surface area contributed by atoms with Gasteiger partial charge in [0.25, 0.3) is 0 Å². The Kier molecular flexibility index (Phi) is 4.43. The molecule has 1 fully saturated rings. The highest BCUT2D eigenvalue weighted by molar-refractivity contribution is 6.00. The molecule has 8 heteroatoms. The predicted octanol–water partition coefficient (Wildman–Crippen LogP) is 1.71. The van der Waals surface area contributed by atoms with Gasteiger partial charge in [0, 0.05) is 13.0 Å². The molecule has 0 saturated carbocycles. The van der Waals surface area contributed by atoms with Crippen LogP contribution in [0.2, 0.25) is 0 Å². The number of likely N-dealkylation sites (tertiary alicyclic amines) is 1. The van der Waals surface area contributed by atoms with Crippen LogP contribution in [-0.2, 0) is 9.53 Å². The maximum absolute atomic E-state index is 13.7. The van der Waals surface area contributed by atoms with Gasteiger partial charge in [-0.05, 0) is 27.2 Å². The lowest BCUT2D eigenvalue weighted by Gasteiger charge is -2.34. The summed E-state index contributed by atoms with van der Waals surface area (Å²) in [7, 11) is 0.